The van der Waals surface area contributed by atoms with Crippen molar-refractivity contribution in [1.82, 2.24) is 24.8 Å². The normalized spacial score (nSPS) is 26.7. The number of likely N-dealkylation sites (tertiary alicyclic amines) is 1. The first kappa shape index (κ1) is 28.4. The van der Waals surface area contributed by atoms with Gasteiger partial charge in [-0.25, -0.2) is 4.68 Å². The van der Waals surface area contributed by atoms with Gasteiger partial charge < -0.3 is 19.6 Å². The zero-order valence-electron chi connectivity index (χ0n) is 22.7. The first-order valence-electron chi connectivity index (χ1n) is 14.0. The molecule has 0 radical (unpaired) electrons. The van der Waals surface area contributed by atoms with Gasteiger partial charge in [0.25, 0.3) is 0 Å². The molecule has 2 unspecified atom stereocenters. The maximum Gasteiger partial charge on any atom is 0.310 e. The average molecular weight is 568 g/mol. The van der Waals surface area contributed by atoms with E-state index in [1.54, 1.807) is 38.4 Å². The van der Waals surface area contributed by atoms with Crippen LogP contribution in [0.3, 0.4) is 0 Å². The van der Waals surface area contributed by atoms with Crippen molar-refractivity contribution in [2.45, 2.75) is 61.2 Å². The number of hydrogen-bond acceptors (Lipinski definition) is 8. The molecule has 2 bridgehead atoms. The number of nitrogens with zero attached hydrogens (tertiary/aromatic N) is 5. The summed E-state index contributed by atoms with van der Waals surface area (Å²) < 4.78 is 6.61. The molecule has 2 aromatic rings. The molecule has 3 fully saturated rings. The van der Waals surface area contributed by atoms with Gasteiger partial charge >= 0.3 is 5.97 Å². The molecule has 3 aliphatic rings. The van der Waals surface area contributed by atoms with E-state index in [9.17, 15) is 19.5 Å². The number of aliphatic hydroxyl groups excluding tert-OH is 1. The number of aromatic nitrogens is 3. The smallest absolute Gasteiger partial charge is 0.310 e. The molecular formula is C29H37N5O5S. The Bertz CT molecular complexity index is 1280. The summed E-state index contributed by atoms with van der Waals surface area (Å²) in [6.07, 6.45) is 7.41. The Morgan fingerprint density at radius 2 is 2.05 bits per heavy atom. The van der Waals surface area contributed by atoms with E-state index < -0.39 is 22.6 Å². The molecule has 3 saturated heterocycles. The third-order valence-electron chi connectivity index (χ3n) is 8.30. The molecule has 4 heterocycles. The number of aliphatic hydroxyl groups is 1. The molecule has 1 spiro atoms. The maximum atomic E-state index is 14.5. The highest BCUT2D eigenvalue weighted by Gasteiger charge is 2.74. The minimum absolute atomic E-state index is 0.00760. The Labute approximate surface area is 238 Å². The van der Waals surface area contributed by atoms with E-state index in [1.807, 2.05) is 24.3 Å². The topological polar surface area (TPSA) is 118 Å². The molecule has 3 aliphatic heterocycles. The van der Waals surface area contributed by atoms with Gasteiger partial charge in [-0.2, -0.15) is 0 Å². The zero-order chi connectivity index (χ0) is 28.3. The number of carbonyl (C=O) groups is 3. The van der Waals surface area contributed by atoms with Crippen molar-refractivity contribution in [3.8, 4) is 0 Å². The van der Waals surface area contributed by atoms with Crippen LogP contribution in [-0.4, -0.2) is 90.0 Å². The second-order valence-corrected chi connectivity index (χ2v) is 12.3. The van der Waals surface area contributed by atoms with Crippen LogP contribution in [0.5, 0.6) is 0 Å². The predicted octanol–water partition coefficient (Wildman–Crippen LogP) is 2.78. The number of thioether (sulfide) groups is 1. The van der Waals surface area contributed by atoms with E-state index in [4.69, 9.17) is 4.74 Å². The highest BCUT2D eigenvalue weighted by atomic mass is 32.2. The van der Waals surface area contributed by atoms with E-state index >= 15 is 0 Å². The Morgan fingerprint density at radius 3 is 2.83 bits per heavy atom. The monoisotopic (exact) mass is 567 g/mol. The van der Waals surface area contributed by atoms with Gasteiger partial charge in [0.05, 0.1) is 28.7 Å². The second kappa shape index (κ2) is 12.1. The third-order valence-corrected chi connectivity index (χ3v) is 10.2. The van der Waals surface area contributed by atoms with Gasteiger partial charge in [-0.15, -0.1) is 30.0 Å². The van der Waals surface area contributed by atoms with Crippen LogP contribution >= 0.6 is 11.8 Å². The van der Waals surface area contributed by atoms with Crippen LogP contribution in [0.2, 0.25) is 0 Å². The summed E-state index contributed by atoms with van der Waals surface area (Å²) in [6, 6.07) is 6.82. The molecule has 0 aliphatic carbocycles. The number of rotatable bonds is 14. The molecule has 5 atom stereocenters. The summed E-state index contributed by atoms with van der Waals surface area (Å²) in [7, 11) is 0. The van der Waals surface area contributed by atoms with Crippen LogP contribution < -0.4 is 0 Å². The quantitative estimate of drug-likeness (QED) is 0.210. The Balaban J connectivity index is 1.45. The van der Waals surface area contributed by atoms with Crippen molar-refractivity contribution in [2.24, 2.45) is 11.8 Å². The highest BCUT2D eigenvalue weighted by Crippen LogP contribution is 2.66. The van der Waals surface area contributed by atoms with Crippen molar-refractivity contribution in [3.63, 3.8) is 0 Å². The minimum atomic E-state index is -0.730. The van der Waals surface area contributed by atoms with Crippen LogP contribution in [0.1, 0.15) is 38.5 Å². The summed E-state index contributed by atoms with van der Waals surface area (Å²) >= 11 is 1.62. The van der Waals surface area contributed by atoms with Crippen LogP contribution in [0, 0.1) is 11.8 Å². The van der Waals surface area contributed by atoms with Crippen molar-refractivity contribution >= 4 is 40.6 Å². The Kier molecular flexibility index (Phi) is 8.60. The lowest BCUT2D eigenvalue weighted by molar-refractivity contribution is -0.154. The number of fused-ring (bicyclic) bond motifs is 2. The van der Waals surface area contributed by atoms with Crippen LogP contribution in [0.4, 0.5) is 0 Å². The maximum absolute atomic E-state index is 14.5. The summed E-state index contributed by atoms with van der Waals surface area (Å²) in [6.45, 7) is 8.63. The number of carbonyl (C=O) groups excluding carboxylic acids is 3. The van der Waals surface area contributed by atoms with E-state index in [0.717, 1.165) is 23.9 Å². The summed E-state index contributed by atoms with van der Waals surface area (Å²) in [5.74, 6) is -1.87. The molecule has 2 amide bonds. The van der Waals surface area contributed by atoms with Crippen molar-refractivity contribution in [2.75, 3.05) is 26.3 Å². The van der Waals surface area contributed by atoms with E-state index in [0.29, 0.717) is 32.2 Å². The van der Waals surface area contributed by atoms with Gasteiger partial charge in [-0.05, 0) is 50.7 Å². The number of ether oxygens (including phenoxy) is 1. The van der Waals surface area contributed by atoms with Gasteiger partial charge in [0.15, 0.2) is 0 Å². The van der Waals surface area contributed by atoms with Gasteiger partial charge in [0.2, 0.25) is 11.8 Å². The number of unbranched alkanes of at least 4 members (excludes halogenated alkanes) is 2. The zero-order valence-corrected chi connectivity index (χ0v) is 23.5. The molecular weight excluding hydrogens is 530 g/mol. The van der Waals surface area contributed by atoms with Crippen molar-refractivity contribution in [1.29, 1.82) is 0 Å². The van der Waals surface area contributed by atoms with Gasteiger partial charge in [-0.1, -0.05) is 29.5 Å². The molecule has 0 saturated carbocycles. The lowest BCUT2D eigenvalue weighted by Gasteiger charge is -2.37. The number of allylic oxidation sites excluding steroid dienone is 1. The lowest BCUT2D eigenvalue weighted by Crippen LogP contribution is -2.55. The number of amides is 2. The number of para-hydroxylation sites is 1. The second-order valence-electron chi connectivity index (χ2n) is 10.7. The summed E-state index contributed by atoms with van der Waals surface area (Å²) in [4.78, 5) is 45.2. The summed E-state index contributed by atoms with van der Waals surface area (Å²) in [5.41, 5.74) is 1.53. The molecule has 1 aromatic carbocycles. The fourth-order valence-electron chi connectivity index (χ4n) is 6.56. The number of benzene rings is 1. The summed E-state index contributed by atoms with van der Waals surface area (Å²) in [5, 5.41) is 17.8. The van der Waals surface area contributed by atoms with Crippen LogP contribution in [-0.2, 0) is 25.8 Å². The first-order valence-corrected chi connectivity index (χ1v) is 14.9. The fourth-order valence-corrected chi connectivity index (χ4v) is 8.76. The van der Waals surface area contributed by atoms with E-state index in [-0.39, 0.29) is 49.5 Å². The largest absolute Gasteiger partial charge is 0.465 e. The minimum Gasteiger partial charge on any atom is -0.465 e. The molecule has 11 heteroatoms. The van der Waals surface area contributed by atoms with E-state index in [2.05, 4.69) is 23.5 Å². The molecule has 214 valence electrons. The molecule has 10 nitrogen and oxygen atoms in total. The highest BCUT2D eigenvalue weighted by molar-refractivity contribution is 8.02. The van der Waals surface area contributed by atoms with Gasteiger partial charge in [0.1, 0.15) is 18.2 Å². The molecule has 5 rings (SSSR count). The molecule has 1 aromatic heterocycles. The Hall–Kier alpha value is -3.18. The van der Waals surface area contributed by atoms with Crippen LogP contribution in [0.15, 0.2) is 49.6 Å². The van der Waals surface area contributed by atoms with Crippen LogP contribution in [0.25, 0.3) is 11.0 Å². The lowest BCUT2D eigenvalue weighted by atomic mass is 9.71. The Morgan fingerprint density at radius 1 is 1.23 bits per heavy atom. The van der Waals surface area contributed by atoms with Crippen molar-refractivity contribution in [3.05, 3.63) is 49.6 Å². The average Bonchev–Trinajstić information content (AvgIpc) is 3.70. The predicted molar refractivity (Wildman–Crippen MR) is 152 cm³/mol. The number of esters is 1. The molecule has 40 heavy (non-hydrogen) atoms. The van der Waals surface area contributed by atoms with Gasteiger partial charge in [-0.3, -0.25) is 14.4 Å². The SMILES string of the molecule is C=CCCCOC(=O)[C@@H]1[C@@H]2CCC3(S2)C(C(=O)N(CC=C)Cn2nnc4ccccc42)N(CCCCO)C(=O)[C@H]13. The standard InChI is InChI=1S/C29H37N5O5S/c1-3-5-10-18-39-28(38)23-22-13-14-29(40-22)24(23)26(36)33(16-8-9-17-35)25(29)27(37)32(15-4-2)19-34-21-12-7-6-11-20(21)30-31-34/h3-4,6-7,11-12,22-25,35H,1-2,5,8-10,13-19H2/t22-,23+,24-,25?,29?/m0/s1. The van der Waals surface area contributed by atoms with E-state index in [1.165, 1.54) is 0 Å². The van der Waals surface area contributed by atoms with Gasteiger partial charge in [0, 0.05) is 24.9 Å². The first-order chi connectivity index (χ1) is 19.5. The molecule has 1 N–H and O–H groups in total. The van der Waals surface area contributed by atoms with Crippen molar-refractivity contribution < 1.29 is 24.2 Å². The number of hydrogen-bond donors (Lipinski definition) is 1. The third kappa shape index (κ3) is 4.94. The fraction of sp³-hybridized carbons (Fsp3) is 0.552.